The standard InChI is InChI=1S/C15H14BrNO/c1-11(12-5-3-2-4-6-12)17-10-13-9-14(16)7-8-15(13)18/h2-11,18H,1H3. The molecule has 0 spiro atoms. The molecule has 1 unspecified atom stereocenters. The van der Waals surface area contributed by atoms with Gasteiger partial charge in [0.1, 0.15) is 5.75 Å². The van der Waals surface area contributed by atoms with Gasteiger partial charge in [0.25, 0.3) is 0 Å². The molecule has 1 atom stereocenters. The number of rotatable bonds is 3. The van der Waals surface area contributed by atoms with Crippen molar-refractivity contribution in [2.24, 2.45) is 4.99 Å². The number of phenolic OH excluding ortho intramolecular Hbond substituents is 1. The summed E-state index contributed by atoms with van der Waals surface area (Å²) in [7, 11) is 0. The monoisotopic (exact) mass is 303 g/mol. The molecule has 0 radical (unpaired) electrons. The Morgan fingerprint density at radius 1 is 1.17 bits per heavy atom. The Morgan fingerprint density at radius 3 is 2.61 bits per heavy atom. The molecule has 2 nitrogen and oxygen atoms in total. The maximum atomic E-state index is 9.71. The number of aliphatic imine (C=N–C) groups is 1. The van der Waals surface area contributed by atoms with E-state index in [0.29, 0.717) is 5.56 Å². The van der Waals surface area contributed by atoms with Crippen LogP contribution < -0.4 is 0 Å². The van der Waals surface area contributed by atoms with E-state index < -0.39 is 0 Å². The van der Waals surface area contributed by atoms with E-state index in [-0.39, 0.29) is 11.8 Å². The SMILES string of the molecule is CC(N=Cc1cc(Br)ccc1O)c1ccccc1. The summed E-state index contributed by atoms with van der Waals surface area (Å²) < 4.78 is 0.925. The first kappa shape index (κ1) is 12.8. The Labute approximate surface area is 115 Å². The number of hydrogen-bond acceptors (Lipinski definition) is 2. The Bertz CT molecular complexity index is 552. The predicted molar refractivity (Wildman–Crippen MR) is 78.3 cm³/mol. The lowest BCUT2D eigenvalue weighted by atomic mass is 10.1. The molecule has 3 heteroatoms. The van der Waals surface area contributed by atoms with E-state index in [1.54, 1.807) is 18.3 Å². The van der Waals surface area contributed by atoms with Crippen LogP contribution in [0.25, 0.3) is 0 Å². The van der Waals surface area contributed by atoms with Gasteiger partial charge >= 0.3 is 0 Å². The second-order valence-corrected chi connectivity index (χ2v) is 4.98. The van der Waals surface area contributed by atoms with Crippen molar-refractivity contribution in [3.63, 3.8) is 0 Å². The fraction of sp³-hybridized carbons (Fsp3) is 0.133. The van der Waals surface area contributed by atoms with E-state index in [9.17, 15) is 5.11 Å². The number of benzene rings is 2. The van der Waals surface area contributed by atoms with Crippen molar-refractivity contribution in [1.29, 1.82) is 0 Å². The minimum Gasteiger partial charge on any atom is -0.507 e. The fourth-order valence-electron chi connectivity index (χ4n) is 1.64. The maximum absolute atomic E-state index is 9.71. The molecule has 0 bridgehead atoms. The van der Waals surface area contributed by atoms with Gasteiger partial charge in [0, 0.05) is 16.3 Å². The van der Waals surface area contributed by atoms with Gasteiger partial charge in [0.05, 0.1) is 6.04 Å². The third kappa shape index (κ3) is 3.20. The van der Waals surface area contributed by atoms with Crippen LogP contribution in [0.2, 0.25) is 0 Å². The Morgan fingerprint density at radius 2 is 1.89 bits per heavy atom. The van der Waals surface area contributed by atoms with Crippen LogP contribution in [-0.4, -0.2) is 11.3 Å². The molecule has 92 valence electrons. The van der Waals surface area contributed by atoms with Gasteiger partial charge in [-0.15, -0.1) is 0 Å². The molecule has 2 aromatic carbocycles. The molecule has 0 aliphatic rings. The van der Waals surface area contributed by atoms with E-state index in [4.69, 9.17) is 0 Å². The Hall–Kier alpha value is -1.61. The van der Waals surface area contributed by atoms with Crippen molar-refractivity contribution in [1.82, 2.24) is 0 Å². The van der Waals surface area contributed by atoms with Gasteiger partial charge in [0.15, 0.2) is 0 Å². The minimum atomic E-state index is 0.0737. The smallest absolute Gasteiger partial charge is 0.124 e. The zero-order chi connectivity index (χ0) is 13.0. The van der Waals surface area contributed by atoms with Crippen molar-refractivity contribution in [3.05, 3.63) is 64.1 Å². The van der Waals surface area contributed by atoms with Gasteiger partial charge < -0.3 is 5.11 Å². The topological polar surface area (TPSA) is 32.6 Å². The van der Waals surface area contributed by atoms with Crippen LogP contribution in [0.15, 0.2) is 58.0 Å². The highest BCUT2D eigenvalue weighted by atomic mass is 79.9. The fourth-order valence-corrected chi connectivity index (χ4v) is 2.02. The lowest BCUT2D eigenvalue weighted by Crippen LogP contribution is -1.91. The predicted octanol–water partition coefficient (Wildman–Crippen LogP) is 4.33. The molecule has 18 heavy (non-hydrogen) atoms. The zero-order valence-corrected chi connectivity index (χ0v) is 11.6. The summed E-state index contributed by atoms with van der Waals surface area (Å²) in [5.74, 6) is 0.238. The van der Waals surface area contributed by atoms with E-state index >= 15 is 0 Å². The molecule has 0 saturated heterocycles. The minimum absolute atomic E-state index is 0.0737. The average Bonchev–Trinajstić information content (AvgIpc) is 2.40. The summed E-state index contributed by atoms with van der Waals surface area (Å²) in [6.07, 6.45) is 1.71. The molecule has 2 aromatic rings. The third-order valence-electron chi connectivity index (χ3n) is 2.71. The highest BCUT2D eigenvalue weighted by molar-refractivity contribution is 9.10. The largest absolute Gasteiger partial charge is 0.507 e. The quantitative estimate of drug-likeness (QED) is 0.841. The first-order valence-corrected chi connectivity index (χ1v) is 6.53. The van der Waals surface area contributed by atoms with Crippen molar-refractivity contribution in [2.45, 2.75) is 13.0 Å². The Balaban J connectivity index is 2.18. The van der Waals surface area contributed by atoms with Crippen LogP contribution in [0, 0.1) is 0 Å². The molecule has 2 rings (SSSR count). The van der Waals surface area contributed by atoms with E-state index in [1.807, 2.05) is 43.3 Å². The summed E-state index contributed by atoms with van der Waals surface area (Å²) in [5.41, 5.74) is 1.87. The number of aromatic hydroxyl groups is 1. The zero-order valence-electron chi connectivity index (χ0n) is 10.0. The summed E-state index contributed by atoms with van der Waals surface area (Å²) in [5, 5.41) is 9.71. The molecule has 0 aromatic heterocycles. The van der Waals surface area contributed by atoms with Crippen LogP contribution in [-0.2, 0) is 0 Å². The highest BCUT2D eigenvalue weighted by Crippen LogP contribution is 2.21. The van der Waals surface area contributed by atoms with Crippen LogP contribution in [0.3, 0.4) is 0 Å². The summed E-state index contributed by atoms with van der Waals surface area (Å²) in [4.78, 5) is 4.46. The number of phenols is 1. The van der Waals surface area contributed by atoms with Gasteiger partial charge in [-0.25, -0.2) is 0 Å². The number of nitrogens with zero attached hydrogens (tertiary/aromatic N) is 1. The molecule has 0 aliphatic carbocycles. The number of halogens is 1. The summed E-state index contributed by atoms with van der Waals surface area (Å²) >= 11 is 3.38. The Kier molecular flexibility index (Phi) is 4.15. The van der Waals surface area contributed by atoms with Crippen LogP contribution >= 0.6 is 15.9 Å². The maximum Gasteiger partial charge on any atom is 0.124 e. The van der Waals surface area contributed by atoms with Gasteiger partial charge in [-0.05, 0) is 30.7 Å². The number of hydrogen-bond donors (Lipinski definition) is 1. The van der Waals surface area contributed by atoms with Gasteiger partial charge in [-0.3, -0.25) is 4.99 Å². The molecule has 0 fully saturated rings. The van der Waals surface area contributed by atoms with E-state index in [1.165, 1.54) is 0 Å². The first-order valence-electron chi connectivity index (χ1n) is 5.73. The van der Waals surface area contributed by atoms with Crippen molar-refractivity contribution < 1.29 is 5.11 Å². The molecule has 1 N–H and O–H groups in total. The second-order valence-electron chi connectivity index (χ2n) is 4.07. The van der Waals surface area contributed by atoms with E-state index in [0.717, 1.165) is 10.0 Å². The van der Waals surface area contributed by atoms with Crippen molar-refractivity contribution >= 4 is 22.1 Å². The summed E-state index contributed by atoms with van der Waals surface area (Å²) in [6, 6.07) is 15.4. The molecule has 0 amide bonds. The molecular formula is C15H14BrNO. The molecular weight excluding hydrogens is 290 g/mol. The van der Waals surface area contributed by atoms with Crippen LogP contribution in [0.1, 0.15) is 24.1 Å². The van der Waals surface area contributed by atoms with Gasteiger partial charge in [-0.2, -0.15) is 0 Å². The molecule has 0 heterocycles. The first-order chi connectivity index (χ1) is 8.66. The van der Waals surface area contributed by atoms with Gasteiger partial charge in [0.2, 0.25) is 0 Å². The van der Waals surface area contributed by atoms with Gasteiger partial charge in [-0.1, -0.05) is 46.3 Å². The van der Waals surface area contributed by atoms with Crippen molar-refractivity contribution in [3.8, 4) is 5.75 Å². The lowest BCUT2D eigenvalue weighted by molar-refractivity contribution is 0.474. The van der Waals surface area contributed by atoms with Crippen LogP contribution in [0.5, 0.6) is 5.75 Å². The van der Waals surface area contributed by atoms with Crippen LogP contribution in [0.4, 0.5) is 0 Å². The van der Waals surface area contributed by atoms with Crippen molar-refractivity contribution in [2.75, 3.05) is 0 Å². The molecule has 0 saturated carbocycles. The molecule has 0 aliphatic heterocycles. The third-order valence-corrected chi connectivity index (χ3v) is 3.20. The normalized spacial score (nSPS) is 12.8. The second kappa shape index (κ2) is 5.83. The van der Waals surface area contributed by atoms with E-state index in [2.05, 4.69) is 20.9 Å². The summed E-state index contributed by atoms with van der Waals surface area (Å²) in [6.45, 7) is 2.03. The highest BCUT2D eigenvalue weighted by Gasteiger charge is 2.02. The average molecular weight is 304 g/mol. The lowest BCUT2D eigenvalue weighted by Gasteiger charge is -2.06.